The smallest absolute Gasteiger partial charge is 0.254 e. The fourth-order valence-electron chi connectivity index (χ4n) is 4.77. The number of amides is 2. The number of rotatable bonds is 5. The Morgan fingerprint density at radius 3 is 2.55 bits per heavy atom. The summed E-state index contributed by atoms with van der Waals surface area (Å²) in [6, 6.07) is 14.3. The Labute approximate surface area is 173 Å². The SMILES string of the molecule is CCCN(C(=O)C1CCN(C(=O)c2cccc3ccccc23)CC1)C1CCNC1. The van der Waals surface area contributed by atoms with Crippen LogP contribution in [0.4, 0.5) is 0 Å². The molecule has 2 aliphatic rings. The van der Waals surface area contributed by atoms with Crippen LogP contribution in [0.3, 0.4) is 0 Å². The van der Waals surface area contributed by atoms with E-state index in [-0.39, 0.29) is 17.7 Å². The lowest BCUT2D eigenvalue weighted by Gasteiger charge is -2.36. The lowest BCUT2D eigenvalue weighted by molar-refractivity contribution is -0.139. The first-order valence-electron chi connectivity index (χ1n) is 11.0. The van der Waals surface area contributed by atoms with Crippen LogP contribution in [0.5, 0.6) is 0 Å². The van der Waals surface area contributed by atoms with E-state index in [9.17, 15) is 9.59 Å². The van der Waals surface area contributed by atoms with Gasteiger partial charge in [0.25, 0.3) is 5.91 Å². The number of nitrogens with one attached hydrogen (secondary N) is 1. The fourth-order valence-corrected chi connectivity index (χ4v) is 4.77. The molecule has 0 bridgehead atoms. The van der Waals surface area contributed by atoms with E-state index in [1.807, 2.05) is 47.4 Å². The van der Waals surface area contributed by atoms with Crippen molar-refractivity contribution >= 4 is 22.6 Å². The van der Waals surface area contributed by atoms with Crippen molar-refractivity contribution in [3.05, 3.63) is 48.0 Å². The molecule has 0 saturated carbocycles. The number of likely N-dealkylation sites (tertiary alicyclic amines) is 1. The van der Waals surface area contributed by atoms with Gasteiger partial charge in [0.2, 0.25) is 5.91 Å². The number of nitrogens with zero attached hydrogens (tertiary/aromatic N) is 2. The van der Waals surface area contributed by atoms with Crippen molar-refractivity contribution in [2.24, 2.45) is 5.92 Å². The minimum absolute atomic E-state index is 0.0405. The lowest BCUT2D eigenvalue weighted by atomic mass is 9.93. The molecule has 1 unspecified atom stereocenters. The van der Waals surface area contributed by atoms with Gasteiger partial charge >= 0.3 is 0 Å². The standard InChI is InChI=1S/C24H31N3O2/c1-2-14-27(20-10-13-25-17-20)23(28)19-11-15-26(16-12-19)24(29)22-9-5-7-18-6-3-4-8-21(18)22/h3-9,19-20,25H,2,10-17H2,1H3. The molecule has 154 valence electrons. The van der Waals surface area contributed by atoms with E-state index in [1.165, 1.54) is 0 Å². The van der Waals surface area contributed by atoms with Crippen molar-refractivity contribution in [3.63, 3.8) is 0 Å². The predicted octanol–water partition coefficient (Wildman–Crippen LogP) is 3.29. The van der Waals surface area contributed by atoms with Gasteiger partial charge < -0.3 is 15.1 Å². The maximum atomic E-state index is 13.2. The summed E-state index contributed by atoms with van der Waals surface area (Å²) in [4.78, 5) is 30.4. The number of piperidine rings is 1. The second kappa shape index (κ2) is 8.95. The Hall–Kier alpha value is -2.40. The van der Waals surface area contributed by atoms with Crippen LogP contribution in [-0.4, -0.2) is 60.4 Å². The summed E-state index contributed by atoms with van der Waals surface area (Å²) in [5.74, 6) is 0.412. The second-order valence-electron chi connectivity index (χ2n) is 8.27. The molecule has 2 saturated heterocycles. The molecule has 5 heteroatoms. The van der Waals surface area contributed by atoms with Crippen molar-refractivity contribution in [2.75, 3.05) is 32.7 Å². The number of hydrogen-bond acceptors (Lipinski definition) is 3. The Bertz CT molecular complexity index is 862. The molecule has 0 aromatic heterocycles. The molecule has 0 spiro atoms. The zero-order valence-electron chi connectivity index (χ0n) is 17.3. The van der Waals surface area contributed by atoms with E-state index >= 15 is 0 Å². The zero-order chi connectivity index (χ0) is 20.2. The predicted molar refractivity (Wildman–Crippen MR) is 116 cm³/mol. The molecule has 5 nitrogen and oxygen atoms in total. The summed E-state index contributed by atoms with van der Waals surface area (Å²) in [5, 5.41) is 5.46. The molecule has 2 fully saturated rings. The van der Waals surface area contributed by atoms with Crippen molar-refractivity contribution in [3.8, 4) is 0 Å². The molecule has 29 heavy (non-hydrogen) atoms. The second-order valence-corrected chi connectivity index (χ2v) is 8.27. The number of hydrogen-bond donors (Lipinski definition) is 1. The number of carbonyl (C=O) groups is 2. The summed E-state index contributed by atoms with van der Waals surface area (Å²) in [5.41, 5.74) is 0.762. The van der Waals surface area contributed by atoms with E-state index in [1.54, 1.807) is 0 Å². The first-order chi connectivity index (χ1) is 14.2. The van der Waals surface area contributed by atoms with E-state index in [2.05, 4.69) is 17.1 Å². The maximum Gasteiger partial charge on any atom is 0.254 e. The molecule has 0 aliphatic carbocycles. The molecule has 2 aliphatic heterocycles. The highest BCUT2D eigenvalue weighted by molar-refractivity contribution is 6.07. The normalized spacial score (nSPS) is 20.2. The van der Waals surface area contributed by atoms with Crippen LogP contribution < -0.4 is 5.32 Å². The van der Waals surface area contributed by atoms with Crippen LogP contribution in [0, 0.1) is 5.92 Å². The summed E-state index contributed by atoms with van der Waals surface area (Å²) >= 11 is 0. The monoisotopic (exact) mass is 393 g/mol. The maximum absolute atomic E-state index is 13.2. The van der Waals surface area contributed by atoms with Crippen molar-refractivity contribution in [1.82, 2.24) is 15.1 Å². The highest BCUT2D eigenvalue weighted by Gasteiger charge is 2.34. The van der Waals surface area contributed by atoms with Gasteiger partial charge in [0.15, 0.2) is 0 Å². The molecular formula is C24H31N3O2. The lowest BCUT2D eigenvalue weighted by Crippen LogP contribution is -2.48. The molecular weight excluding hydrogens is 362 g/mol. The third kappa shape index (κ3) is 4.15. The van der Waals surface area contributed by atoms with Gasteiger partial charge in [-0.2, -0.15) is 0 Å². The average Bonchev–Trinajstić information content (AvgIpc) is 3.31. The van der Waals surface area contributed by atoms with Gasteiger partial charge in [0, 0.05) is 43.7 Å². The van der Waals surface area contributed by atoms with Gasteiger partial charge in [-0.05, 0) is 49.1 Å². The van der Waals surface area contributed by atoms with E-state index in [0.29, 0.717) is 19.1 Å². The summed E-state index contributed by atoms with van der Waals surface area (Å²) < 4.78 is 0. The molecule has 4 rings (SSSR count). The first-order valence-corrected chi connectivity index (χ1v) is 11.0. The highest BCUT2D eigenvalue weighted by Crippen LogP contribution is 2.26. The van der Waals surface area contributed by atoms with E-state index in [0.717, 1.165) is 61.7 Å². The van der Waals surface area contributed by atoms with Gasteiger partial charge in [-0.25, -0.2) is 0 Å². The van der Waals surface area contributed by atoms with Gasteiger partial charge in [0.1, 0.15) is 0 Å². The van der Waals surface area contributed by atoms with Crippen LogP contribution in [-0.2, 0) is 4.79 Å². The first kappa shape index (κ1) is 19.9. The van der Waals surface area contributed by atoms with Crippen LogP contribution in [0.25, 0.3) is 10.8 Å². The van der Waals surface area contributed by atoms with Gasteiger partial charge in [-0.1, -0.05) is 43.3 Å². The van der Waals surface area contributed by atoms with E-state index < -0.39 is 0 Å². The minimum Gasteiger partial charge on any atom is -0.339 e. The third-order valence-electron chi connectivity index (χ3n) is 6.37. The molecule has 2 aromatic carbocycles. The van der Waals surface area contributed by atoms with Crippen molar-refractivity contribution in [1.29, 1.82) is 0 Å². The van der Waals surface area contributed by atoms with Crippen LogP contribution >= 0.6 is 0 Å². The highest BCUT2D eigenvalue weighted by atomic mass is 16.2. The third-order valence-corrected chi connectivity index (χ3v) is 6.37. The zero-order valence-corrected chi connectivity index (χ0v) is 17.3. The summed E-state index contributed by atoms with van der Waals surface area (Å²) in [7, 11) is 0. The van der Waals surface area contributed by atoms with Gasteiger partial charge in [-0.15, -0.1) is 0 Å². The minimum atomic E-state index is 0.0405. The fraction of sp³-hybridized carbons (Fsp3) is 0.500. The quantitative estimate of drug-likeness (QED) is 0.848. The summed E-state index contributed by atoms with van der Waals surface area (Å²) in [6.45, 7) is 6.18. The molecule has 0 radical (unpaired) electrons. The number of fused-ring (bicyclic) bond motifs is 1. The van der Waals surface area contributed by atoms with E-state index in [4.69, 9.17) is 0 Å². The van der Waals surface area contributed by atoms with Crippen LogP contribution in [0.15, 0.2) is 42.5 Å². The molecule has 2 heterocycles. The Kier molecular flexibility index (Phi) is 6.14. The van der Waals surface area contributed by atoms with Crippen LogP contribution in [0.2, 0.25) is 0 Å². The van der Waals surface area contributed by atoms with Gasteiger partial charge in [0.05, 0.1) is 0 Å². The van der Waals surface area contributed by atoms with Crippen molar-refractivity contribution in [2.45, 2.75) is 38.6 Å². The Morgan fingerprint density at radius 1 is 1.07 bits per heavy atom. The summed E-state index contributed by atoms with van der Waals surface area (Å²) in [6.07, 6.45) is 3.55. The Balaban J connectivity index is 1.42. The Morgan fingerprint density at radius 2 is 1.83 bits per heavy atom. The molecule has 2 amide bonds. The van der Waals surface area contributed by atoms with Crippen molar-refractivity contribution < 1.29 is 9.59 Å². The van der Waals surface area contributed by atoms with Gasteiger partial charge in [-0.3, -0.25) is 9.59 Å². The van der Waals surface area contributed by atoms with Crippen LogP contribution in [0.1, 0.15) is 43.0 Å². The topological polar surface area (TPSA) is 52.7 Å². The number of carbonyl (C=O) groups excluding carboxylic acids is 2. The largest absolute Gasteiger partial charge is 0.339 e. The molecule has 1 atom stereocenters. The molecule has 2 aromatic rings. The average molecular weight is 394 g/mol. The number of benzene rings is 2. The molecule has 1 N–H and O–H groups in total.